The normalized spacial score (nSPS) is 11.1. The van der Waals surface area contributed by atoms with Gasteiger partial charge in [-0.15, -0.1) is 0 Å². The Balaban J connectivity index is 2.77. The average Bonchev–Trinajstić information content (AvgIpc) is 2.27. The van der Waals surface area contributed by atoms with Gasteiger partial charge in [0.1, 0.15) is 11.5 Å². The quantitative estimate of drug-likeness (QED) is 0.578. The Morgan fingerprint density at radius 3 is 2.37 bits per heavy atom. The molecular weight excluding hydrogens is 268 g/mol. The molecule has 0 saturated heterocycles. The third-order valence-electron chi connectivity index (χ3n) is 2.44. The van der Waals surface area contributed by atoms with Gasteiger partial charge >= 0.3 is 5.97 Å². The number of sulfone groups is 1. The van der Waals surface area contributed by atoms with Crippen molar-refractivity contribution in [2.75, 3.05) is 18.1 Å². The van der Waals surface area contributed by atoms with Crippen molar-refractivity contribution >= 4 is 21.6 Å². The summed E-state index contributed by atoms with van der Waals surface area (Å²) in [5, 5.41) is 0. The lowest BCUT2D eigenvalue weighted by Gasteiger charge is -2.06. The molecule has 19 heavy (non-hydrogen) atoms. The second-order valence-corrected chi connectivity index (χ2v) is 6.14. The smallest absolute Gasteiger partial charge is 0.321 e. The fourth-order valence-corrected chi connectivity index (χ4v) is 2.70. The van der Waals surface area contributed by atoms with E-state index in [2.05, 4.69) is 4.74 Å². The molecule has 0 radical (unpaired) electrons. The van der Waals surface area contributed by atoms with E-state index in [9.17, 15) is 18.0 Å². The van der Waals surface area contributed by atoms with Gasteiger partial charge in [-0.05, 0) is 19.4 Å². The molecule has 0 atom stereocenters. The SMILES string of the molecule is CCOC(=O)CS(=O)(=O)CC(=O)c1ccccc1C. The molecule has 0 spiro atoms. The number of hydrogen-bond donors (Lipinski definition) is 0. The van der Waals surface area contributed by atoms with E-state index in [1.807, 2.05) is 0 Å². The van der Waals surface area contributed by atoms with Crippen molar-refractivity contribution in [3.8, 4) is 0 Å². The van der Waals surface area contributed by atoms with Crippen molar-refractivity contribution in [1.29, 1.82) is 0 Å². The molecule has 5 nitrogen and oxygen atoms in total. The van der Waals surface area contributed by atoms with Crippen molar-refractivity contribution in [1.82, 2.24) is 0 Å². The first-order valence-corrected chi connectivity index (χ1v) is 7.62. The second-order valence-electron chi connectivity index (χ2n) is 4.08. The van der Waals surface area contributed by atoms with Gasteiger partial charge in [0.15, 0.2) is 15.6 Å². The van der Waals surface area contributed by atoms with Crippen molar-refractivity contribution in [2.24, 2.45) is 0 Å². The molecule has 1 aromatic carbocycles. The van der Waals surface area contributed by atoms with Crippen LogP contribution in [0.15, 0.2) is 24.3 Å². The zero-order valence-electron chi connectivity index (χ0n) is 10.9. The number of benzene rings is 1. The second kappa shape index (κ2) is 6.47. The minimum Gasteiger partial charge on any atom is -0.465 e. The summed E-state index contributed by atoms with van der Waals surface area (Å²) in [4.78, 5) is 23.0. The number of carbonyl (C=O) groups is 2. The van der Waals surface area contributed by atoms with Crippen LogP contribution in [-0.2, 0) is 19.4 Å². The number of ketones is 1. The highest BCUT2D eigenvalue weighted by Gasteiger charge is 2.22. The van der Waals surface area contributed by atoms with E-state index in [4.69, 9.17) is 0 Å². The molecule has 0 amide bonds. The average molecular weight is 284 g/mol. The molecule has 0 N–H and O–H groups in total. The van der Waals surface area contributed by atoms with Crippen molar-refractivity contribution in [3.05, 3.63) is 35.4 Å². The molecule has 0 aromatic heterocycles. The van der Waals surface area contributed by atoms with Crippen LogP contribution >= 0.6 is 0 Å². The fourth-order valence-electron chi connectivity index (χ4n) is 1.60. The van der Waals surface area contributed by atoms with Crippen molar-refractivity contribution in [3.63, 3.8) is 0 Å². The zero-order valence-corrected chi connectivity index (χ0v) is 11.7. The first-order chi connectivity index (χ1) is 8.85. The number of aryl methyl sites for hydroxylation is 1. The van der Waals surface area contributed by atoms with Crippen LogP contribution < -0.4 is 0 Å². The highest BCUT2D eigenvalue weighted by Crippen LogP contribution is 2.09. The maximum atomic E-state index is 11.9. The van der Waals surface area contributed by atoms with Crippen molar-refractivity contribution < 1.29 is 22.7 Å². The summed E-state index contributed by atoms with van der Waals surface area (Å²) in [5.74, 6) is -2.79. The maximum absolute atomic E-state index is 11.9. The largest absolute Gasteiger partial charge is 0.465 e. The first kappa shape index (κ1) is 15.4. The minimum absolute atomic E-state index is 0.111. The van der Waals surface area contributed by atoms with E-state index >= 15 is 0 Å². The summed E-state index contributed by atoms with van der Waals surface area (Å²) in [7, 11) is -3.79. The van der Waals surface area contributed by atoms with Crippen LogP contribution in [0.4, 0.5) is 0 Å². The predicted molar refractivity (Wildman–Crippen MR) is 70.8 cm³/mol. The summed E-state index contributed by atoms with van der Waals surface area (Å²) < 4.78 is 27.9. The van der Waals surface area contributed by atoms with Gasteiger partial charge in [-0.1, -0.05) is 24.3 Å². The van der Waals surface area contributed by atoms with Gasteiger partial charge in [0.25, 0.3) is 0 Å². The summed E-state index contributed by atoms with van der Waals surface area (Å²) in [5.41, 5.74) is 1.06. The first-order valence-electron chi connectivity index (χ1n) is 5.80. The lowest BCUT2D eigenvalue weighted by atomic mass is 10.1. The Morgan fingerprint density at radius 2 is 1.79 bits per heavy atom. The molecule has 104 valence electrons. The molecule has 1 aromatic rings. The molecule has 0 aliphatic carbocycles. The van der Waals surface area contributed by atoms with E-state index in [0.29, 0.717) is 11.1 Å². The number of hydrogen-bond acceptors (Lipinski definition) is 5. The lowest BCUT2D eigenvalue weighted by molar-refractivity contribution is -0.139. The Hall–Kier alpha value is -1.69. The molecular formula is C13H16O5S. The molecule has 6 heteroatoms. The molecule has 0 fully saturated rings. The van der Waals surface area contributed by atoms with E-state index in [1.165, 1.54) is 0 Å². The van der Waals surface area contributed by atoms with Gasteiger partial charge < -0.3 is 4.74 Å². The van der Waals surface area contributed by atoms with Crippen LogP contribution in [0.2, 0.25) is 0 Å². The van der Waals surface area contributed by atoms with Crippen LogP contribution in [0.25, 0.3) is 0 Å². The summed E-state index contributed by atoms with van der Waals surface area (Å²) in [6.45, 7) is 3.42. The van der Waals surface area contributed by atoms with Crippen LogP contribution in [0.1, 0.15) is 22.8 Å². The molecule has 0 unspecified atom stereocenters. The molecule has 0 aliphatic heterocycles. The Bertz CT molecular complexity index is 574. The maximum Gasteiger partial charge on any atom is 0.321 e. The number of Topliss-reactive ketones (excluding diaryl/α,β-unsaturated/α-hetero) is 1. The third kappa shape index (κ3) is 4.82. The lowest BCUT2D eigenvalue weighted by Crippen LogP contribution is -2.25. The summed E-state index contributed by atoms with van der Waals surface area (Å²) >= 11 is 0. The van der Waals surface area contributed by atoms with Crippen molar-refractivity contribution in [2.45, 2.75) is 13.8 Å². The molecule has 1 rings (SSSR count). The summed E-state index contributed by atoms with van der Waals surface area (Å²) in [6, 6.07) is 6.72. The number of rotatable bonds is 6. The number of esters is 1. The monoisotopic (exact) mass is 284 g/mol. The predicted octanol–water partition coefficient (Wildman–Crippen LogP) is 1.16. The van der Waals surface area contributed by atoms with Gasteiger partial charge in [-0.25, -0.2) is 8.42 Å². The van der Waals surface area contributed by atoms with Gasteiger partial charge in [0.05, 0.1) is 6.61 Å². The van der Waals surface area contributed by atoms with Gasteiger partial charge in [-0.3, -0.25) is 9.59 Å². The fraction of sp³-hybridized carbons (Fsp3) is 0.385. The van der Waals surface area contributed by atoms with E-state index in [0.717, 1.165) is 0 Å². The minimum atomic E-state index is -3.79. The Kier molecular flexibility index (Phi) is 5.23. The molecule has 0 saturated carbocycles. The molecule has 0 aliphatic rings. The van der Waals surface area contributed by atoms with E-state index in [1.54, 1.807) is 38.1 Å². The van der Waals surface area contributed by atoms with Crippen LogP contribution in [0.3, 0.4) is 0 Å². The number of carbonyl (C=O) groups excluding carboxylic acids is 2. The highest BCUT2D eigenvalue weighted by atomic mass is 32.2. The molecule has 0 bridgehead atoms. The highest BCUT2D eigenvalue weighted by molar-refractivity contribution is 7.92. The summed E-state index contributed by atoms with van der Waals surface area (Å²) in [6.07, 6.45) is 0. The Labute approximate surface area is 112 Å². The molecule has 0 heterocycles. The van der Waals surface area contributed by atoms with Crippen LogP contribution in [-0.4, -0.2) is 38.3 Å². The standard InChI is InChI=1S/C13H16O5S/c1-3-18-13(15)9-19(16,17)8-12(14)11-7-5-4-6-10(11)2/h4-7H,3,8-9H2,1-2H3. The number of ether oxygens (including phenoxy) is 1. The van der Waals surface area contributed by atoms with Gasteiger partial charge in [-0.2, -0.15) is 0 Å². The van der Waals surface area contributed by atoms with E-state index in [-0.39, 0.29) is 6.61 Å². The Morgan fingerprint density at radius 1 is 1.16 bits per heavy atom. The zero-order chi connectivity index (χ0) is 14.5. The third-order valence-corrected chi connectivity index (χ3v) is 3.82. The van der Waals surface area contributed by atoms with E-state index < -0.39 is 33.1 Å². The van der Waals surface area contributed by atoms with Gasteiger partial charge in [0.2, 0.25) is 0 Å². The van der Waals surface area contributed by atoms with Crippen LogP contribution in [0.5, 0.6) is 0 Å². The van der Waals surface area contributed by atoms with Gasteiger partial charge in [0, 0.05) is 5.56 Å². The van der Waals surface area contributed by atoms with Crippen LogP contribution in [0, 0.1) is 6.92 Å². The topological polar surface area (TPSA) is 77.5 Å².